The zero-order chi connectivity index (χ0) is 19.6. The summed E-state index contributed by atoms with van der Waals surface area (Å²) in [6.07, 6.45) is 0.578. The summed E-state index contributed by atoms with van der Waals surface area (Å²) in [5.74, 6) is 0.248. The van der Waals surface area contributed by atoms with Crippen LogP contribution in [-0.2, 0) is 16.1 Å². The third-order valence-electron chi connectivity index (χ3n) is 6.11. The smallest absolute Gasteiger partial charge is 0.223 e. The van der Waals surface area contributed by atoms with Gasteiger partial charge in [0, 0.05) is 38.0 Å². The fraction of sp³-hybridized carbons (Fsp3) is 0.458. The van der Waals surface area contributed by atoms with Crippen LogP contribution in [0, 0.1) is 12.3 Å². The number of nitrogens with zero attached hydrogens (tertiary/aromatic N) is 2. The van der Waals surface area contributed by atoms with E-state index in [-0.39, 0.29) is 17.4 Å². The van der Waals surface area contributed by atoms with Gasteiger partial charge >= 0.3 is 0 Å². The average Bonchev–Trinajstić information content (AvgIpc) is 2.88. The molecule has 0 saturated carbocycles. The number of amides is 1. The Bertz CT molecular complexity index is 822. The van der Waals surface area contributed by atoms with Crippen LogP contribution in [0.3, 0.4) is 0 Å². The second-order valence-corrected chi connectivity index (χ2v) is 8.54. The number of likely N-dealkylation sites (tertiary alicyclic amines) is 1. The first-order chi connectivity index (χ1) is 13.5. The summed E-state index contributed by atoms with van der Waals surface area (Å²) in [4.78, 5) is 17.5. The fourth-order valence-electron chi connectivity index (χ4n) is 4.68. The number of carbonyl (C=O) groups is 1. The molecule has 4 nitrogen and oxygen atoms in total. The van der Waals surface area contributed by atoms with Gasteiger partial charge in [0.2, 0.25) is 5.91 Å². The number of ether oxygens (including phenoxy) is 1. The van der Waals surface area contributed by atoms with Crippen molar-refractivity contribution in [2.45, 2.75) is 32.9 Å². The Balaban J connectivity index is 1.49. The first kappa shape index (κ1) is 19.2. The Labute approximate surface area is 168 Å². The van der Waals surface area contributed by atoms with Gasteiger partial charge in [-0.3, -0.25) is 9.69 Å². The van der Waals surface area contributed by atoms with E-state index < -0.39 is 0 Å². The molecule has 0 unspecified atom stereocenters. The van der Waals surface area contributed by atoms with Crippen molar-refractivity contribution in [1.29, 1.82) is 0 Å². The molecule has 2 aliphatic heterocycles. The first-order valence-electron chi connectivity index (χ1n) is 10.2. The second kappa shape index (κ2) is 8.06. The molecule has 2 heterocycles. The van der Waals surface area contributed by atoms with E-state index in [0.717, 1.165) is 32.8 Å². The van der Waals surface area contributed by atoms with Crippen LogP contribution in [0.4, 0.5) is 0 Å². The quantitative estimate of drug-likeness (QED) is 0.811. The molecule has 2 atom stereocenters. The van der Waals surface area contributed by atoms with Crippen LogP contribution < -0.4 is 0 Å². The minimum atomic E-state index is -0.111. The summed E-state index contributed by atoms with van der Waals surface area (Å²) < 4.78 is 5.99. The largest absolute Gasteiger partial charge is 0.379 e. The molecule has 2 saturated heterocycles. The van der Waals surface area contributed by atoms with Crippen molar-refractivity contribution in [2.24, 2.45) is 5.41 Å². The third-order valence-corrected chi connectivity index (χ3v) is 6.11. The number of rotatable bonds is 4. The SMILES string of the molecule is Cc1cccc(CN2CCOC[C@]3(CC(=O)N([C@@H](C)c4ccccc4)C3)C2)c1. The summed E-state index contributed by atoms with van der Waals surface area (Å²) in [5, 5.41) is 0. The van der Waals surface area contributed by atoms with E-state index in [2.05, 4.69) is 60.0 Å². The highest BCUT2D eigenvalue weighted by Crippen LogP contribution is 2.38. The molecular formula is C24H30N2O2. The van der Waals surface area contributed by atoms with E-state index in [1.807, 2.05) is 18.2 Å². The van der Waals surface area contributed by atoms with Crippen molar-refractivity contribution in [3.8, 4) is 0 Å². The second-order valence-electron chi connectivity index (χ2n) is 8.54. The van der Waals surface area contributed by atoms with E-state index in [4.69, 9.17) is 4.74 Å². The van der Waals surface area contributed by atoms with Gasteiger partial charge in [0.15, 0.2) is 0 Å². The predicted molar refractivity (Wildman–Crippen MR) is 111 cm³/mol. The van der Waals surface area contributed by atoms with Gasteiger partial charge in [0.1, 0.15) is 0 Å². The molecule has 0 aliphatic carbocycles. The first-order valence-corrected chi connectivity index (χ1v) is 10.2. The maximum atomic E-state index is 12.9. The van der Waals surface area contributed by atoms with Crippen LogP contribution in [0.5, 0.6) is 0 Å². The van der Waals surface area contributed by atoms with Gasteiger partial charge in [0.25, 0.3) is 0 Å². The Morgan fingerprint density at radius 2 is 1.93 bits per heavy atom. The zero-order valence-electron chi connectivity index (χ0n) is 16.9. The number of carbonyl (C=O) groups excluding carboxylic acids is 1. The number of aryl methyl sites for hydroxylation is 1. The van der Waals surface area contributed by atoms with Crippen molar-refractivity contribution < 1.29 is 9.53 Å². The van der Waals surface area contributed by atoms with E-state index in [9.17, 15) is 4.79 Å². The van der Waals surface area contributed by atoms with Gasteiger partial charge in [-0.15, -0.1) is 0 Å². The molecule has 2 fully saturated rings. The van der Waals surface area contributed by atoms with E-state index in [1.54, 1.807) is 0 Å². The summed E-state index contributed by atoms with van der Waals surface area (Å²) in [6, 6.07) is 19.1. The molecular weight excluding hydrogens is 348 g/mol. The zero-order valence-corrected chi connectivity index (χ0v) is 16.9. The van der Waals surface area contributed by atoms with Crippen LogP contribution in [0.25, 0.3) is 0 Å². The molecule has 2 aliphatic rings. The van der Waals surface area contributed by atoms with Crippen molar-refractivity contribution >= 4 is 5.91 Å². The molecule has 0 N–H and O–H groups in total. The Kier molecular flexibility index (Phi) is 5.51. The van der Waals surface area contributed by atoms with E-state index >= 15 is 0 Å². The summed E-state index contributed by atoms with van der Waals surface area (Å²) >= 11 is 0. The molecule has 4 rings (SSSR count). The van der Waals surface area contributed by atoms with Crippen LogP contribution in [0.2, 0.25) is 0 Å². The Morgan fingerprint density at radius 3 is 2.71 bits per heavy atom. The predicted octanol–water partition coefficient (Wildman–Crippen LogP) is 3.81. The monoisotopic (exact) mass is 378 g/mol. The van der Waals surface area contributed by atoms with Crippen LogP contribution in [-0.4, -0.2) is 48.6 Å². The van der Waals surface area contributed by atoms with Crippen LogP contribution in [0.15, 0.2) is 54.6 Å². The van der Waals surface area contributed by atoms with Gasteiger partial charge < -0.3 is 9.64 Å². The van der Waals surface area contributed by atoms with Gasteiger partial charge in [-0.1, -0.05) is 60.2 Å². The average molecular weight is 379 g/mol. The molecule has 4 heteroatoms. The highest BCUT2D eigenvalue weighted by Gasteiger charge is 2.46. The molecule has 0 radical (unpaired) electrons. The van der Waals surface area contributed by atoms with E-state index in [1.165, 1.54) is 16.7 Å². The lowest BCUT2D eigenvalue weighted by Crippen LogP contribution is -2.40. The van der Waals surface area contributed by atoms with Crippen molar-refractivity contribution in [2.75, 3.05) is 32.8 Å². The minimum absolute atomic E-state index is 0.0987. The lowest BCUT2D eigenvalue weighted by molar-refractivity contribution is -0.129. The highest BCUT2D eigenvalue weighted by molar-refractivity contribution is 5.80. The minimum Gasteiger partial charge on any atom is -0.379 e. The van der Waals surface area contributed by atoms with Gasteiger partial charge in [0.05, 0.1) is 19.3 Å². The lowest BCUT2D eigenvalue weighted by Gasteiger charge is -2.33. The van der Waals surface area contributed by atoms with Crippen LogP contribution >= 0.6 is 0 Å². The molecule has 28 heavy (non-hydrogen) atoms. The van der Waals surface area contributed by atoms with Crippen molar-refractivity contribution in [3.63, 3.8) is 0 Å². The lowest BCUT2D eigenvalue weighted by atomic mass is 9.87. The molecule has 148 valence electrons. The summed E-state index contributed by atoms with van der Waals surface area (Å²) in [6.45, 7) is 9.17. The molecule has 2 aromatic carbocycles. The molecule has 2 aromatic rings. The number of benzene rings is 2. The van der Waals surface area contributed by atoms with Crippen LogP contribution in [0.1, 0.15) is 36.1 Å². The van der Waals surface area contributed by atoms with Gasteiger partial charge in [-0.05, 0) is 25.0 Å². The fourth-order valence-corrected chi connectivity index (χ4v) is 4.68. The normalized spacial score (nSPS) is 24.5. The summed E-state index contributed by atoms with van der Waals surface area (Å²) in [7, 11) is 0. The summed E-state index contributed by atoms with van der Waals surface area (Å²) in [5.41, 5.74) is 3.70. The van der Waals surface area contributed by atoms with E-state index in [0.29, 0.717) is 13.0 Å². The highest BCUT2D eigenvalue weighted by atomic mass is 16.5. The molecule has 0 bridgehead atoms. The number of hydrogen-bond donors (Lipinski definition) is 0. The van der Waals surface area contributed by atoms with Gasteiger partial charge in [-0.25, -0.2) is 0 Å². The van der Waals surface area contributed by atoms with Crippen molar-refractivity contribution in [3.05, 3.63) is 71.3 Å². The molecule has 1 amide bonds. The Hall–Kier alpha value is -2.17. The maximum Gasteiger partial charge on any atom is 0.223 e. The third kappa shape index (κ3) is 4.13. The van der Waals surface area contributed by atoms with Gasteiger partial charge in [-0.2, -0.15) is 0 Å². The maximum absolute atomic E-state index is 12.9. The molecule has 1 spiro atoms. The van der Waals surface area contributed by atoms with Crippen molar-refractivity contribution in [1.82, 2.24) is 9.80 Å². The standard InChI is InChI=1S/C24H30N2O2/c1-19-7-6-8-21(13-19)15-25-11-12-28-18-24(16-25)14-23(27)26(17-24)20(2)22-9-4-3-5-10-22/h3-10,13,20H,11-12,14-18H2,1-2H3/t20-,24+/m0/s1. The Morgan fingerprint density at radius 1 is 1.11 bits per heavy atom. The topological polar surface area (TPSA) is 32.8 Å². The molecule has 0 aromatic heterocycles. The number of hydrogen-bond acceptors (Lipinski definition) is 3.